The van der Waals surface area contributed by atoms with Crippen molar-refractivity contribution in [2.24, 2.45) is 0 Å². The fourth-order valence-electron chi connectivity index (χ4n) is 1.88. The van der Waals surface area contributed by atoms with E-state index in [2.05, 4.69) is 15.9 Å². The lowest BCUT2D eigenvalue weighted by molar-refractivity contribution is 0.00642. The van der Waals surface area contributed by atoms with Gasteiger partial charge in [0.1, 0.15) is 6.10 Å². The highest BCUT2D eigenvalue weighted by Crippen LogP contribution is 2.30. The zero-order valence-corrected chi connectivity index (χ0v) is 11.5. The molecule has 1 aliphatic heterocycles. The molecular formula is C13H17BrO3. The molecule has 1 saturated heterocycles. The molecule has 0 aliphatic carbocycles. The van der Waals surface area contributed by atoms with Crippen LogP contribution in [0.4, 0.5) is 0 Å². The molecule has 0 bridgehead atoms. The standard InChI is InChI=1S/C13H17BrO3/c1-15-12-5-4-10(8-14)7-13(12)17-11-3-2-6-16-9-11/h4-5,7,11H,2-3,6,8-9H2,1H3. The first-order valence-electron chi connectivity index (χ1n) is 5.80. The summed E-state index contributed by atoms with van der Waals surface area (Å²) in [5.41, 5.74) is 1.18. The largest absolute Gasteiger partial charge is 0.493 e. The number of ether oxygens (including phenoxy) is 3. The van der Waals surface area contributed by atoms with Gasteiger partial charge in [0.15, 0.2) is 11.5 Å². The van der Waals surface area contributed by atoms with Gasteiger partial charge in [-0.2, -0.15) is 0 Å². The number of halogens is 1. The Balaban J connectivity index is 2.11. The van der Waals surface area contributed by atoms with Gasteiger partial charge in [-0.25, -0.2) is 0 Å². The second-order valence-corrected chi connectivity index (χ2v) is 4.64. The molecule has 0 radical (unpaired) electrons. The minimum absolute atomic E-state index is 0.142. The number of hydrogen-bond acceptors (Lipinski definition) is 3. The predicted octanol–water partition coefficient (Wildman–Crippen LogP) is 3.15. The average Bonchev–Trinajstić information content (AvgIpc) is 2.40. The summed E-state index contributed by atoms with van der Waals surface area (Å²) in [5, 5.41) is 0.814. The molecule has 2 rings (SSSR count). The summed E-state index contributed by atoms with van der Waals surface area (Å²) in [5.74, 6) is 1.58. The van der Waals surface area contributed by atoms with Gasteiger partial charge in [-0.1, -0.05) is 22.0 Å². The molecule has 0 N–H and O–H groups in total. The van der Waals surface area contributed by atoms with Gasteiger partial charge >= 0.3 is 0 Å². The molecule has 1 aromatic rings. The summed E-state index contributed by atoms with van der Waals surface area (Å²) in [7, 11) is 1.66. The van der Waals surface area contributed by atoms with Crippen LogP contribution in [0.5, 0.6) is 11.5 Å². The average molecular weight is 301 g/mol. The number of hydrogen-bond donors (Lipinski definition) is 0. The van der Waals surface area contributed by atoms with Gasteiger partial charge in [0, 0.05) is 11.9 Å². The van der Waals surface area contributed by atoms with Crippen LogP contribution in [-0.4, -0.2) is 26.4 Å². The van der Waals surface area contributed by atoms with Gasteiger partial charge in [0.2, 0.25) is 0 Å². The van der Waals surface area contributed by atoms with E-state index in [4.69, 9.17) is 14.2 Å². The molecule has 17 heavy (non-hydrogen) atoms. The molecular weight excluding hydrogens is 284 g/mol. The van der Waals surface area contributed by atoms with Crippen LogP contribution in [0.15, 0.2) is 18.2 Å². The normalized spacial score (nSPS) is 20.0. The van der Waals surface area contributed by atoms with Crippen molar-refractivity contribution in [2.45, 2.75) is 24.3 Å². The molecule has 1 fully saturated rings. The summed E-state index contributed by atoms with van der Waals surface area (Å²) in [6.45, 7) is 1.51. The van der Waals surface area contributed by atoms with Crippen molar-refractivity contribution < 1.29 is 14.2 Å². The fourth-order valence-corrected chi connectivity index (χ4v) is 2.23. The number of benzene rings is 1. The van der Waals surface area contributed by atoms with Crippen LogP contribution in [-0.2, 0) is 10.1 Å². The Morgan fingerprint density at radius 3 is 2.94 bits per heavy atom. The molecule has 3 nitrogen and oxygen atoms in total. The van der Waals surface area contributed by atoms with Crippen LogP contribution in [0, 0.1) is 0 Å². The zero-order valence-electron chi connectivity index (χ0n) is 9.95. The summed E-state index contributed by atoms with van der Waals surface area (Å²) in [4.78, 5) is 0. The Kier molecular flexibility index (Phi) is 4.68. The molecule has 1 heterocycles. The Morgan fingerprint density at radius 1 is 1.41 bits per heavy atom. The minimum atomic E-state index is 0.142. The quantitative estimate of drug-likeness (QED) is 0.800. The van der Waals surface area contributed by atoms with Crippen molar-refractivity contribution in [3.05, 3.63) is 23.8 Å². The van der Waals surface area contributed by atoms with Crippen LogP contribution in [0.25, 0.3) is 0 Å². The van der Waals surface area contributed by atoms with Crippen LogP contribution in [0.2, 0.25) is 0 Å². The second kappa shape index (κ2) is 6.26. The van der Waals surface area contributed by atoms with E-state index in [1.54, 1.807) is 7.11 Å². The molecule has 1 atom stereocenters. The molecule has 94 valence electrons. The smallest absolute Gasteiger partial charge is 0.162 e. The van der Waals surface area contributed by atoms with Crippen molar-refractivity contribution in [1.29, 1.82) is 0 Å². The molecule has 4 heteroatoms. The highest BCUT2D eigenvalue weighted by atomic mass is 79.9. The summed E-state index contributed by atoms with van der Waals surface area (Å²) in [6, 6.07) is 5.98. The number of methoxy groups -OCH3 is 1. The van der Waals surface area contributed by atoms with Gasteiger partial charge in [0.25, 0.3) is 0 Å². The highest BCUT2D eigenvalue weighted by Gasteiger charge is 2.17. The summed E-state index contributed by atoms with van der Waals surface area (Å²) < 4.78 is 16.7. The van der Waals surface area contributed by atoms with Gasteiger partial charge in [-0.05, 0) is 30.5 Å². The van der Waals surface area contributed by atoms with Crippen molar-refractivity contribution in [2.75, 3.05) is 20.3 Å². The third-order valence-electron chi connectivity index (χ3n) is 2.79. The summed E-state index contributed by atoms with van der Waals surface area (Å²) >= 11 is 3.44. The maximum atomic E-state index is 5.95. The topological polar surface area (TPSA) is 27.7 Å². The van der Waals surface area contributed by atoms with E-state index in [9.17, 15) is 0 Å². The molecule has 1 unspecified atom stereocenters. The number of alkyl halides is 1. The zero-order chi connectivity index (χ0) is 12.1. The third kappa shape index (κ3) is 3.36. The summed E-state index contributed by atoms with van der Waals surface area (Å²) in [6.07, 6.45) is 2.25. The van der Waals surface area contributed by atoms with Crippen LogP contribution >= 0.6 is 15.9 Å². The molecule has 1 aromatic carbocycles. The molecule has 0 amide bonds. The van der Waals surface area contributed by atoms with E-state index in [0.717, 1.165) is 36.3 Å². The maximum absolute atomic E-state index is 5.95. The monoisotopic (exact) mass is 300 g/mol. The van der Waals surface area contributed by atoms with Crippen molar-refractivity contribution >= 4 is 15.9 Å². The van der Waals surface area contributed by atoms with Gasteiger partial charge in [-0.15, -0.1) is 0 Å². The van der Waals surface area contributed by atoms with Crippen LogP contribution in [0.3, 0.4) is 0 Å². The van der Waals surface area contributed by atoms with Gasteiger partial charge < -0.3 is 14.2 Å². The van der Waals surface area contributed by atoms with Gasteiger partial charge in [0.05, 0.1) is 13.7 Å². The lowest BCUT2D eigenvalue weighted by atomic mass is 10.1. The Labute approximate surface area is 110 Å². The van der Waals surface area contributed by atoms with E-state index in [1.807, 2.05) is 18.2 Å². The highest BCUT2D eigenvalue weighted by molar-refractivity contribution is 9.08. The first-order valence-corrected chi connectivity index (χ1v) is 6.93. The van der Waals surface area contributed by atoms with Crippen LogP contribution in [0.1, 0.15) is 18.4 Å². The lowest BCUT2D eigenvalue weighted by Crippen LogP contribution is -2.28. The number of rotatable bonds is 4. The van der Waals surface area contributed by atoms with Crippen molar-refractivity contribution in [3.63, 3.8) is 0 Å². The van der Waals surface area contributed by atoms with Gasteiger partial charge in [-0.3, -0.25) is 0 Å². The van der Waals surface area contributed by atoms with Crippen LogP contribution < -0.4 is 9.47 Å². The second-order valence-electron chi connectivity index (χ2n) is 4.08. The van der Waals surface area contributed by atoms with E-state index in [1.165, 1.54) is 5.56 Å². The first-order chi connectivity index (χ1) is 8.33. The van der Waals surface area contributed by atoms with E-state index >= 15 is 0 Å². The predicted molar refractivity (Wildman–Crippen MR) is 70.1 cm³/mol. The van der Waals surface area contributed by atoms with E-state index in [0.29, 0.717) is 6.61 Å². The molecule has 0 aromatic heterocycles. The molecule has 0 saturated carbocycles. The first kappa shape index (κ1) is 12.7. The Morgan fingerprint density at radius 2 is 2.29 bits per heavy atom. The SMILES string of the molecule is COc1ccc(CBr)cc1OC1CCCOC1. The van der Waals surface area contributed by atoms with Crippen molar-refractivity contribution in [3.8, 4) is 11.5 Å². The Bertz CT molecular complexity index is 362. The third-order valence-corrected chi connectivity index (χ3v) is 3.44. The van der Waals surface area contributed by atoms with Crippen molar-refractivity contribution in [1.82, 2.24) is 0 Å². The fraction of sp³-hybridized carbons (Fsp3) is 0.538. The minimum Gasteiger partial charge on any atom is -0.493 e. The van der Waals surface area contributed by atoms with E-state index in [-0.39, 0.29) is 6.10 Å². The lowest BCUT2D eigenvalue weighted by Gasteiger charge is -2.24. The van der Waals surface area contributed by atoms with E-state index < -0.39 is 0 Å². The molecule has 0 spiro atoms. The maximum Gasteiger partial charge on any atom is 0.162 e. The molecule has 1 aliphatic rings. The Hall–Kier alpha value is -0.740.